The molecule has 0 bridgehead atoms. The van der Waals surface area contributed by atoms with E-state index in [0.29, 0.717) is 5.75 Å². The maximum Gasteiger partial charge on any atom is 0.145 e. The van der Waals surface area contributed by atoms with Gasteiger partial charge in [-0.15, -0.1) is 0 Å². The van der Waals surface area contributed by atoms with Crippen molar-refractivity contribution in [1.82, 2.24) is 0 Å². The third-order valence-corrected chi connectivity index (χ3v) is 3.73. The number of hydrogen-bond donors (Lipinski definition) is 0. The van der Waals surface area contributed by atoms with Crippen LogP contribution in [0.25, 0.3) is 0 Å². The first-order valence-electron chi connectivity index (χ1n) is 6.08. The van der Waals surface area contributed by atoms with Gasteiger partial charge in [-0.1, -0.05) is 11.8 Å². The Morgan fingerprint density at radius 1 is 1.05 bits per heavy atom. The van der Waals surface area contributed by atoms with Crippen LogP contribution in [0, 0.1) is 5.82 Å². The van der Waals surface area contributed by atoms with Crippen molar-refractivity contribution in [3.05, 3.63) is 42.2 Å². The Kier molecular flexibility index (Phi) is 3.11. The minimum absolute atomic E-state index is 0.121. The first kappa shape index (κ1) is 12.4. The van der Waals surface area contributed by atoms with Gasteiger partial charge < -0.3 is 9.47 Å². The second-order valence-corrected chi connectivity index (χ2v) is 5.65. The number of ether oxygens (including phenoxy) is 2. The average molecular weight is 276 g/mol. The Morgan fingerprint density at radius 2 is 1.89 bits per heavy atom. The molecule has 2 aromatic carbocycles. The lowest BCUT2D eigenvalue weighted by molar-refractivity contribution is 0.241. The van der Waals surface area contributed by atoms with Crippen LogP contribution in [0.3, 0.4) is 0 Å². The van der Waals surface area contributed by atoms with E-state index in [-0.39, 0.29) is 11.9 Å². The highest BCUT2D eigenvalue weighted by atomic mass is 32.2. The van der Waals surface area contributed by atoms with Crippen LogP contribution in [0.2, 0.25) is 0 Å². The van der Waals surface area contributed by atoms with E-state index in [9.17, 15) is 4.39 Å². The molecule has 1 aliphatic heterocycles. The predicted octanol–water partition coefficient (Wildman–Crippen LogP) is 4.87. The minimum Gasteiger partial charge on any atom is -0.491 e. The van der Waals surface area contributed by atoms with Crippen molar-refractivity contribution in [3.8, 4) is 17.2 Å². The molecule has 0 fully saturated rings. The molecule has 1 heterocycles. The van der Waals surface area contributed by atoms with Crippen molar-refractivity contribution >= 4 is 11.8 Å². The lowest BCUT2D eigenvalue weighted by Crippen LogP contribution is -2.06. The molecular formula is C15H13FO2S. The summed E-state index contributed by atoms with van der Waals surface area (Å²) in [5.41, 5.74) is 0. The number of hydrogen-bond acceptors (Lipinski definition) is 3. The molecule has 0 unspecified atom stereocenters. The van der Waals surface area contributed by atoms with E-state index < -0.39 is 0 Å². The lowest BCUT2D eigenvalue weighted by Gasteiger charge is -2.20. The zero-order valence-corrected chi connectivity index (χ0v) is 11.5. The highest BCUT2D eigenvalue weighted by molar-refractivity contribution is 7.99. The Balaban J connectivity index is 1.93. The maximum atomic E-state index is 13.2. The summed E-state index contributed by atoms with van der Waals surface area (Å²) in [7, 11) is 0. The maximum absolute atomic E-state index is 13.2. The van der Waals surface area contributed by atoms with Gasteiger partial charge in [-0.25, -0.2) is 4.39 Å². The van der Waals surface area contributed by atoms with E-state index >= 15 is 0 Å². The molecule has 98 valence electrons. The summed E-state index contributed by atoms with van der Waals surface area (Å²) in [6.07, 6.45) is 0.121. The molecule has 2 nitrogen and oxygen atoms in total. The van der Waals surface area contributed by atoms with Gasteiger partial charge >= 0.3 is 0 Å². The highest BCUT2D eigenvalue weighted by Crippen LogP contribution is 2.48. The molecule has 0 aromatic heterocycles. The summed E-state index contributed by atoms with van der Waals surface area (Å²) in [5, 5.41) is 0. The number of fused-ring (bicyclic) bond motifs is 2. The van der Waals surface area contributed by atoms with Gasteiger partial charge in [0.2, 0.25) is 0 Å². The zero-order chi connectivity index (χ0) is 13.4. The summed E-state index contributed by atoms with van der Waals surface area (Å²) in [4.78, 5) is 1.76. The molecule has 1 aliphatic rings. The van der Waals surface area contributed by atoms with Gasteiger partial charge in [0.25, 0.3) is 0 Å². The summed E-state index contributed by atoms with van der Waals surface area (Å²) in [6.45, 7) is 3.96. The van der Waals surface area contributed by atoms with Crippen molar-refractivity contribution in [2.75, 3.05) is 0 Å². The molecule has 0 saturated carbocycles. The van der Waals surface area contributed by atoms with Crippen LogP contribution in [0.15, 0.2) is 46.2 Å². The molecule has 0 saturated heterocycles. The molecule has 4 heteroatoms. The standard InChI is InChI=1S/C15H13FO2S/c1-9(2)17-11-4-6-14-13(8-11)18-12-5-3-10(16)7-15(12)19-14/h3-9H,1-2H3. The summed E-state index contributed by atoms with van der Waals surface area (Å²) >= 11 is 1.50. The smallest absolute Gasteiger partial charge is 0.145 e. The third-order valence-electron chi connectivity index (χ3n) is 2.63. The predicted molar refractivity (Wildman–Crippen MR) is 72.8 cm³/mol. The van der Waals surface area contributed by atoms with Gasteiger partial charge in [0.05, 0.1) is 15.9 Å². The van der Waals surface area contributed by atoms with E-state index in [1.54, 1.807) is 6.07 Å². The Hall–Kier alpha value is -1.68. The fourth-order valence-electron chi connectivity index (χ4n) is 1.88. The molecule has 0 aliphatic carbocycles. The van der Waals surface area contributed by atoms with Crippen LogP contribution in [0.1, 0.15) is 13.8 Å². The molecule has 0 spiro atoms. The monoisotopic (exact) mass is 276 g/mol. The number of halogens is 1. The minimum atomic E-state index is -0.252. The van der Waals surface area contributed by atoms with Crippen LogP contribution in [0.4, 0.5) is 4.39 Å². The van der Waals surface area contributed by atoms with Crippen LogP contribution in [0.5, 0.6) is 17.2 Å². The van der Waals surface area contributed by atoms with Crippen molar-refractivity contribution in [3.63, 3.8) is 0 Å². The van der Waals surface area contributed by atoms with Gasteiger partial charge in [0.15, 0.2) is 0 Å². The Labute approximate surface area is 115 Å². The largest absolute Gasteiger partial charge is 0.491 e. The van der Waals surface area contributed by atoms with E-state index in [4.69, 9.17) is 9.47 Å². The molecule has 0 radical (unpaired) electrons. The normalized spacial score (nSPS) is 12.6. The van der Waals surface area contributed by atoms with Crippen molar-refractivity contribution in [1.29, 1.82) is 0 Å². The summed E-state index contributed by atoms with van der Waals surface area (Å²) in [6, 6.07) is 10.2. The van der Waals surface area contributed by atoms with Crippen LogP contribution in [-0.4, -0.2) is 6.10 Å². The lowest BCUT2D eigenvalue weighted by atomic mass is 10.3. The fourth-order valence-corrected chi connectivity index (χ4v) is 2.84. The summed E-state index contributed by atoms with van der Waals surface area (Å²) in [5.74, 6) is 1.96. The van der Waals surface area contributed by atoms with Crippen LogP contribution < -0.4 is 9.47 Å². The second-order valence-electron chi connectivity index (χ2n) is 4.57. The van der Waals surface area contributed by atoms with Gasteiger partial charge in [-0.2, -0.15) is 0 Å². The SMILES string of the molecule is CC(C)Oc1ccc2c(c1)Oc1ccc(F)cc1S2. The van der Waals surface area contributed by atoms with Gasteiger partial charge in [-0.05, 0) is 44.2 Å². The van der Waals surface area contributed by atoms with Crippen LogP contribution >= 0.6 is 11.8 Å². The molecular weight excluding hydrogens is 263 g/mol. The molecule has 0 atom stereocenters. The van der Waals surface area contributed by atoms with Crippen LogP contribution in [-0.2, 0) is 0 Å². The number of benzene rings is 2. The van der Waals surface area contributed by atoms with Crippen molar-refractivity contribution < 1.29 is 13.9 Å². The van der Waals surface area contributed by atoms with E-state index in [1.807, 2.05) is 32.0 Å². The highest BCUT2D eigenvalue weighted by Gasteiger charge is 2.19. The van der Waals surface area contributed by atoms with E-state index in [2.05, 4.69) is 0 Å². The Bertz CT molecular complexity index is 626. The topological polar surface area (TPSA) is 18.5 Å². The molecule has 2 aromatic rings. The molecule has 0 amide bonds. The van der Waals surface area contributed by atoms with Crippen molar-refractivity contribution in [2.45, 2.75) is 29.7 Å². The van der Waals surface area contributed by atoms with E-state index in [0.717, 1.165) is 21.3 Å². The van der Waals surface area contributed by atoms with Gasteiger partial charge in [0, 0.05) is 6.07 Å². The molecule has 19 heavy (non-hydrogen) atoms. The average Bonchev–Trinajstić information content (AvgIpc) is 2.35. The second kappa shape index (κ2) is 4.78. The molecule has 0 N–H and O–H groups in total. The quantitative estimate of drug-likeness (QED) is 0.665. The fraction of sp³-hybridized carbons (Fsp3) is 0.200. The van der Waals surface area contributed by atoms with Gasteiger partial charge in [0.1, 0.15) is 23.1 Å². The van der Waals surface area contributed by atoms with E-state index in [1.165, 1.54) is 23.9 Å². The number of rotatable bonds is 2. The van der Waals surface area contributed by atoms with Crippen molar-refractivity contribution in [2.24, 2.45) is 0 Å². The molecule has 3 rings (SSSR count). The Morgan fingerprint density at radius 3 is 2.68 bits per heavy atom. The first-order valence-corrected chi connectivity index (χ1v) is 6.89. The third kappa shape index (κ3) is 2.54. The first-order chi connectivity index (χ1) is 9.11. The summed E-state index contributed by atoms with van der Waals surface area (Å²) < 4.78 is 24.6. The van der Waals surface area contributed by atoms with Gasteiger partial charge in [-0.3, -0.25) is 0 Å². The zero-order valence-electron chi connectivity index (χ0n) is 10.6.